The first kappa shape index (κ1) is 16.2. The first-order chi connectivity index (χ1) is 9.25. The number of benzene rings is 1. The van der Waals surface area contributed by atoms with Gasteiger partial charge in [0.05, 0.1) is 5.41 Å². The second-order valence-electron chi connectivity index (χ2n) is 5.82. The molecule has 1 unspecified atom stereocenters. The van der Waals surface area contributed by atoms with Crippen molar-refractivity contribution in [1.29, 1.82) is 0 Å². The van der Waals surface area contributed by atoms with Crippen molar-refractivity contribution in [2.45, 2.75) is 40.7 Å². The molecule has 20 heavy (non-hydrogen) atoms. The molecule has 4 heteroatoms. The summed E-state index contributed by atoms with van der Waals surface area (Å²) in [7, 11) is 0. The fraction of sp³-hybridized carbons (Fsp3) is 0.500. The highest BCUT2D eigenvalue weighted by Gasteiger charge is 2.38. The number of carbonyl (C=O) groups is 2. The van der Waals surface area contributed by atoms with Crippen LogP contribution < -0.4 is 5.32 Å². The summed E-state index contributed by atoms with van der Waals surface area (Å²) in [6.07, 6.45) is -0.00807. The molecular weight excluding hydrogens is 254 g/mol. The van der Waals surface area contributed by atoms with E-state index in [1.165, 1.54) is 5.56 Å². The van der Waals surface area contributed by atoms with Crippen molar-refractivity contribution >= 4 is 11.9 Å². The third kappa shape index (κ3) is 4.08. The van der Waals surface area contributed by atoms with E-state index in [-0.39, 0.29) is 18.2 Å². The van der Waals surface area contributed by atoms with Crippen LogP contribution in [0.5, 0.6) is 0 Å². The van der Waals surface area contributed by atoms with Crippen molar-refractivity contribution in [2.75, 3.05) is 0 Å². The molecule has 1 atom stereocenters. The molecular formula is C16H23NO3. The first-order valence-corrected chi connectivity index (χ1v) is 6.81. The van der Waals surface area contributed by atoms with Crippen LogP contribution in [-0.4, -0.2) is 17.0 Å². The van der Waals surface area contributed by atoms with Crippen molar-refractivity contribution in [1.82, 2.24) is 5.32 Å². The summed E-state index contributed by atoms with van der Waals surface area (Å²) in [5.74, 6) is -1.27. The number of carbonyl (C=O) groups excluding carboxylic acids is 1. The number of hydrogen-bond acceptors (Lipinski definition) is 2. The number of hydrogen-bond donors (Lipinski definition) is 2. The Morgan fingerprint density at radius 1 is 1.25 bits per heavy atom. The number of nitrogens with one attached hydrogen (secondary N) is 1. The Kier molecular flexibility index (Phi) is 5.31. The van der Waals surface area contributed by atoms with Crippen molar-refractivity contribution in [2.24, 2.45) is 11.3 Å². The molecule has 1 aromatic rings. The molecule has 0 bridgehead atoms. The SMILES string of the molecule is Cc1ccc(CNC(=O)CC(C)(C(=O)O)C(C)C)cc1. The predicted molar refractivity (Wildman–Crippen MR) is 78.2 cm³/mol. The summed E-state index contributed by atoms with van der Waals surface area (Å²) >= 11 is 0. The molecule has 0 aliphatic carbocycles. The summed E-state index contributed by atoms with van der Waals surface area (Å²) < 4.78 is 0. The average molecular weight is 277 g/mol. The zero-order valence-corrected chi connectivity index (χ0v) is 12.6. The van der Waals surface area contributed by atoms with E-state index in [9.17, 15) is 14.7 Å². The van der Waals surface area contributed by atoms with Gasteiger partial charge in [-0.05, 0) is 25.3 Å². The lowest BCUT2D eigenvalue weighted by Crippen LogP contribution is -2.39. The van der Waals surface area contributed by atoms with Gasteiger partial charge in [-0.1, -0.05) is 43.7 Å². The lowest BCUT2D eigenvalue weighted by Gasteiger charge is -2.28. The van der Waals surface area contributed by atoms with Gasteiger partial charge in [0.1, 0.15) is 0 Å². The smallest absolute Gasteiger partial charge is 0.310 e. The van der Waals surface area contributed by atoms with Gasteiger partial charge < -0.3 is 10.4 Å². The van der Waals surface area contributed by atoms with Crippen LogP contribution in [0.1, 0.15) is 38.3 Å². The Bertz CT molecular complexity index is 479. The lowest BCUT2D eigenvalue weighted by atomic mass is 9.76. The monoisotopic (exact) mass is 277 g/mol. The van der Waals surface area contributed by atoms with E-state index in [1.807, 2.05) is 45.0 Å². The van der Waals surface area contributed by atoms with Gasteiger partial charge in [-0.15, -0.1) is 0 Å². The number of rotatable bonds is 6. The van der Waals surface area contributed by atoms with E-state index < -0.39 is 11.4 Å². The van der Waals surface area contributed by atoms with Gasteiger partial charge >= 0.3 is 5.97 Å². The molecule has 0 heterocycles. The Morgan fingerprint density at radius 3 is 2.25 bits per heavy atom. The molecule has 0 spiro atoms. The molecule has 2 N–H and O–H groups in total. The molecule has 0 aliphatic rings. The van der Waals surface area contributed by atoms with Crippen LogP contribution in [0, 0.1) is 18.3 Å². The second-order valence-corrected chi connectivity index (χ2v) is 5.82. The highest BCUT2D eigenvalue weighted by atomic mass is 16.4. The van der Waals surface area contributed by atoms with Gasteiger partial charge in [-0.25, -0.2) is 0 Å². The maximum Gasteiger partial charge on any atom is 0.310 e. The molecule has 0 aromatic heterocycles. The minimum Gasteiger partial charge on any atom is -0.481 e. The minimum atomic E-state index is -1.03. The summed E-state index contributed by atoms with van der Waals surface area (Å²) in [4.78, 5) is 23.3. The molecule has 110 valence electrons. The quantitative estimate of drug-likeness (QED) is 0.840. The zero-order valence-electron chi connectivity index (χ0n) is 12.6. The first-order valence-electron chi connectivity index (χ1n) is 6.81. The molecule has 1 amide bonds. The van der Waals surface area contributed by atoms with Gasteiger partial charge in [0.2, 0.25) is 5.91 Å². The van der Waals surface area contributed by atoms with Gasteiger partial charge in [0.15, 0.2) is 0 Å². The average Bonchev–Trinajstić information content (AvgIpc) is 2.37. The molecule has 0 radical (unpaired) electrons. The van der Waals surface area contributed by atoms with E-state index >= 15 is 0 Å². The standard InChI is InChI=1S/C16H23NO3/c1-11(2)16(4,15(19)20)9-14(18)17-10-13-7-5-12(3)6-8-13/h5-8,11H,9-10H2,1-4H3,(H,17,18)(H,19,20). The fourth-order valence-electron chi connectivity index (χ4n) is 1.83. The van der Waals surface area contributed by atoms with E-state index in [1.54, 1.807) is 6.92 Å². The maximum atomic E-state index is 11.9. The van der Waals surface area contributed by atoms with Crippen molar-refractivity contribution < 1.29 is 14.7 Å². The molecule has 0 fully saturated rings. The Morgan fingerprint density at radius 2 is 1.80 bits per heavy atom. The molecule has 0 saturated heterocycles. The molecule has 1 aromatic carbocycles. The van der Waals surface area contributed by atoms with E-state index in [4.69, 9.17) is 0 Å². The zero-order chi connectivity index (χ0) is 15.3. The second kappa shape index (κ2) is 6.55. The van der Waals surface area contributed by atoms with Crippen LogP contribution in [0.25, 0.3) is 0 Å². The van der Waals surface area contributed by atoms with Crippen molar-refractivity contribution in [3.63, 3.8) is 0 Å². The highest BCUT2D eigenvalue weighted by Crippen LogP contribution is 2.31. The van der Waals surface area contributed by atoms with E-state index in [0.717, 1.165) is 5.56 Å². The van der Waals surface area contributed by atoms with Gasteiger partial charge in [0, 0.05) is 13.0 Å². The lowest BCUT2D eigenvalue weighted by molar-refractivity contribution is -0.153. The van der Waals surface area contributed by atoms with Crippen molar-refractivity contribution in [3.05, 3.63) is 35.4 Å². The van der Waals surface area contributed by atoms with Crippen LogP contribution in [0.3, 0.4) is 0 Å². The third-order valence-corrected chi connectivity index (χ3v) is 3.90. The van der Waals surface area contributed by atoms with Gasteiger partial charge in [0.25, 0.3) is 0 Å². The summed E-state index contributed by atoms with van der Waals surface area (Å²) in [5, 5.41) is 12.1. The Labute approximate surface area is 120 Å². The highest BCUT2D eigenvalue weighted by molar-refractivity contribution is 5.84. The normalized spacial score (nSPS) is 13.8. The van der Waals surface area contributed by atoms with Crippen LogP contribution in [0.15, 0.2) is 24.3 Å². The van der Waals surface area contributed by atoms with Gasteiger partial charge in [-0.3, -0.25) is 9.59 Å². The number of carboxylic acids is 1. The molecule has 0 saturated carbocycles. The summed E-state index contributed by atoms with van der Waals surface area (Å²) in [5.41, 5.74) is 1.14. The predicted octanol–water partition coefficient (Wildman–Crippen LogP) is 2.75. The van der Waals surface area contributed by atoms with E-state index in [2.05, 4.69) is 5.32 Å². The molecule has 0 aliphatic heterocycles. The van der Waals surface area contributed by atoms with Crippen molar-refractivity contribution in [3.8, 4) is 0 Å². The van der Waals surface area contributed by atoms with Gasteiger partial charge in [-0.2, -0.15) is 0 Å². The fourth-order valence-corrected chi connectivity index (χ4v) is 1.83. The van der Waals surface area contributed by atoms with Crippen LogP contribution in [-0.2, 0) is 16.1 Å². The van der Waals surface area contributed by atoms with E-state index in [0.29, 0.717) is 6.54 Å². The minimum absolute atomic E-state index is 0.00807. The Balaban J connectivity index is 2.59. The Hall–Kier alpha value is -1.84. The number of amides is 1. The summed E-state index contributed by atoms with van der Waals surface area (Å²) in [6.45, 7) is 7.68. The van der Waals surface area contributed by atoms with Crippen LogP contribution >= 0.6 is 0 Å². The molecule has 1 rings (SSSR count). The maximum absolute atomic E-state index is 11.9. The summed E-state index contributed by atoms with van der Waals surface area (Å²) in [6, 6.07) is 7.87. The van der Waals surface area contributed by atoms with Crippen LogP contribution in [0.4, 0.5) is 0 Å². The number of carboxylic acid groups (broad SMARTS) is 1. The molecule has 4 nitrogen and oxygen atoms in total. The number of aryl methyl sites for hydroxylation is 1. The topological polar surface area (TPSA) is 66.4 Å². The largest absolute Gasteiger partial charge is 0.481 e. The van der Waals surface area contributed by atoms with Crippen LogP contribution in [0.2, 0.25) is 0 Å². The number of aliphatic carboxylic acids is 1. The third-order valence-electron chi connectivity index (χ3n) is 3.90.